The van der Waals surface area contributed by atoms with Gasteiger partial charge in [0.1, 0.15) is 12.4 Å². The van der Waals surface area contributed by atoms with E-state index in [2.05, 4.69) is 72.6 Å². The Morgan fingerprint density at radius 2 is 1.74 bits per heavy atom. The van der Waals surface area contributed by atoms with Crippen molar-refractivity contribution < 1.29 is 4.57 Å². The number of aromatic nitrogens is 2. The molecule has 0 N–H and O–H groups in total. The summed E-state index contributed by atoms with van der Waals surface area (Å²) in [6.07, 6.45) is 13.4. The van der Waals surface area contributed by atoms with Gasteiger partial charge in [0.2, 0.25) is 0 Å². The van der Waals surface area contributed by atoms with Crippen LogP contribution in [0.25, 0.3) is 0 Å². The lowest BCUT2D eigenvalue weighted by Gasteiger charge is -2.08. The summed E-state index contributed by atoms with van der Waals surface area (Å²) in [5.41, 5.74) is 1.45. The fourth-order valence-corrected chi connectivity index (χ4v) is 3.23. The van der Waals surface area contributed by atoms with Crippen molar-refractivity contribution in [3.63, 3.8) is 0 Å². The van der Waals surface area contributed by atoms with Crippen LogP contribution in [0.2, 0.25) is 0 Å². The number of imidazole rings is 1. The average Bonchev–Trinajstić information content (AvgIpc) is 2.96. The van der Waals surface area contributed by atoms with E-state index in [9.17, 15) is 0 Å². The predicted octanol–water partition coefficient (Wildman–Crippen LogP) is 5.11. The fourth-order valence-electron chi connectivity index (χ4n) is 3.23. The number of benzene rings is 1. The quantitative estimate of drug-likeness (QED) is 0.425. The van der Waals surface area contributed by atoms with Gasteiger partial charge in [-0.15, -0.1) is 0 Å². The van der Waals surface area contributed by atoms with Gasteiger partial charge in [0.25, 0.3) is 5.82 Å². The first kappa shape index (κ1) is 17.8. The zero-order chi connectivity index (χ0) is 16.5. The van der Waals surface area contributed by atoms with Gasteiger partial charge in [-0.05, 0) is 38.7 Å². The topological polar surface area (TPSA) is 8.81 Å². The molecule has 0 spiro atoms. The molecular formula is C21H33N2+. The van der Waals surface area contributed by atoms with Crippen molar-refractivity contribution in [2.75, 3.05) is 0 Å². The van der Waals surface area contributed by atoms with Gasteiger partial charge >= 0.3 is 0 Å². The van der Waals surface area contributed by atoms with E-state index in [1.807, 2.05) is 0 Å². The van der Waals surface area contributed by atoms with Crippen molar-refractivity contribution in [3.8, 4) is 0 Å². The second kappa shape index (κ2) is 9.54. The van der Waals surface area contributed by atoms with E-state index in [0.29, 0.717) is 6.04 Å². The monoisotopic (exact) mass is 313 g/mol. The number of rotatable bonds is 10. The normalized spacial score (nSPS) is 11.3. The molecule has 2 rings (SSSR count). The molecule has 0 amide bonds. The first-order valence-corrected chi connectivity index (χ1v) is 9.35. The first-order valence-electron chi connectivity index (χ1n) is 9.35. The second-order valence-electron chi connectivity index (χ2n) is 6.81. The van der Waals surface area contributed by atoms with Crippen molar-refractivity contribution in [1.29, 1.82) is 0 Å². The van der Waals surface area contributed by atoms with E-state index in [-0.39, 0.29) is 0 Å². The van der Waals surface area contributed by atoms with E-state index in [4.69, 9.17) is 0 Å². The van der Waals surface area contributed by atoms with Crippen LogP contribution in [0.1, 0.15) is 70.3 Å². The lowest BCUT2D eigenvalue weighted by molar-refractivity contribution is -0.704. The molecule has 0 unspecified atom stereocenters. The van der Waals surface area contributed by atoms with Crippen LogP contribution in [0.5, 0.6) is 0 Å². The van der Waals surface area contributed by atoms with Crippen molar-refractivity contribution in [2.45, 2.75) is 78.3 Å². The summed E-state index contributed by atoms with van der Waals surface area (Å²) in [5, 5.41) is 0. The fraction of sp³-hybridized carbons (Fsp3) is 0.571. The van der Waals surface area contributed by atoms with Crippen LogP contribution < -0.4 is 4.57 Å². The minimum Gasteiger partial charge on any atom is -0.234 e. The summed E-state index contributed by atoms with van der Waals surface area (Å²) >= 11 is 0. The van der Waals surface area contributed by atoms with E-state index < -0.39 is 0 Å². The average molecular weight is 314 g/mol. The highest BCUT2D eigenvalue weighted by Gasteiger charge is 2.18. The highest BCUT2D eigenvalue weighted by Crippen LogP contribution is 2.12. The maximum Gasteiger partial charge on any atom is 0.256 e. The molecule has 0 saturated heterocycles. The largest absolute Gasteiger partial charge is 0.256 e. The Balaban J connectivity index is 1.94. The van der Waals surface area contributed by atoms with Gasteiger partial charge in [0, 0.05) is 6.42 Å². The number of hydrogen-bond donors (Lipinski definition) is 0. The molecule has 2 heteroatoms. The molecule has 0 aliphatic heterocycles. The highest BCUT2D eigenvalue weighted by molar-refractivity contribution is 5.14. The van der Waals surface area contributed by atoms with Crippen molar-refractivity contribution in [1.82, 2.24) is 4.57 Å². The molecule has 0 saturated carbocycles. The molecule has 126 valence electrons. The zero-order valence-electron chi connectivity index (χ0n) is 15.2. The highest BCUT2D eigenvalue weighted by atomic mass is 15.2. The summed E-state index contributed by atoms with van der Waals surface area (Å²) in [5.74, 6) is 1.50. The molecule has 0 aliphatic rings. The van der Waals surface area contributed by atoms with Gasteiger partial charge in [-0.3, -0.25) is 0 Å². The lowest BCUT2D eigenvalue weighted by atomic mass is 10.1. The molecule has 1 heterocycles. The van der Waals surface area contributed by atoms with Crippen LogP contribution in [0.4, 0.5) is 0 Å². The Bertz CT molecular complexity index is 554. The first-order chi connectivity index (χ1) is 11.2. The van der Waals surface area contributed by atoms with E-state index in [0.717, 1.165) is 13.0 Å². The molecule has 23 heavy (non-hydrogen) atoms. The second-order valence-corrected chi connectivity index (χ2v) is 6.81. The van der Waals surface area contributed by atoms with E-state index >= 15 is 0 Å². The summed E-state index contributed by atoms with van der Waals surface area (Å²) in [7, 11) is 0. The Kier molecular flexibility index (Phi) is 7.38. The third kappa shape index (κ3) is 5.53. The van der Waals surface area contributed by atoms with Crippen molar-refractivity contribution >= 4 is 0 Å². The van der Waals surface area contributed by atoms with Gasteiger partial charge in [0.15, 0.2) is 0 Å². The summed E-state index contributed by atoms with van der Waals surface area (Å²) in [6, 6.07) is 11.4. The Hall–Kier alpha value is -1.57. The Labute approximate surface area is 142 Å². The molecule has 2 aromatic rings. The molecule has 0 radical (unpaired) electrons. The summed E-state index contributed by atoms with van der Waals surface area (Å²) < 4.78 is 4.93. The van der Waals surface area contributed by atoms with E-state index in [1.54, 1.807) is 0 Å². The van der Waals surface area contributed by atoms with Crippen LogP contribution in [0.3, 0.4) is 0 Å². The SMILES string of the molecule is CCCCCCc1n(C(C)C)cc[n+]1CCCc1ccccc1. The third-order valence-corrected chi connectivity index (χ3v) is 4.55. The maximum absolute atomic E-state index is 2.48. The molecular weight excluding hydrogens is 280 g/mol. The molecule has 0 aliphatic carbocycles. The minimum absolute atomic E-state index is 0.548. The number of aryl methyl sites for hydroxylation is 2. The van der Waals surface area contributed by atoms with Crippen molar-refractivity contribution in [3.05, 3.63) is 54.1 Å². The maximum atomic E-state index is 2.48. The van der Waals surface area contributed by atoms with Crippen LogP contribution in [0.15, 0.2) is 42.7 Å². The molecule has 1 aromatic heterocycles. The Morgan fingerprint density at radius 3 is 2.43 bits per heavy atom. The molecule has 2 nitrogen and oxygen atoms in total. The lowest BCUT2D eigenvalue weighted by Crippen LogP contribution is -2.37. The van der Waals surface area contributed by atoms with Gasteiger partial charge in [-0.1, -0.05) is 56.5 Å². The minimum atomic E-state index is 0.548. The van der Waals surface area contributed by atoms with Gasteiger partial charge < -0.3 is 0 Å². The smallest absolute Gasteiger partial charge is 0.234 e. The van der Waals surface area contributed by atoms with Gasteiger partial charge in [-0.25, -0.2) is 9.13 Å². The summed E-state index contributed by atoms with van der Waals surface area (Å²) in [4.78, 5) is 0. The molecule has 0 bridgehead atoms. The number of nitrogens with zero attached hydrogens (tertiary/aromatic N) is 2. The van der Waals surface area contributed by atoms with Crippen LogP contribution in [-0.2, 0) is 19.4 Å². The number of hydrogen-bond acceptors (Lipinski definition) is 0. The molecule has 1 aromatic carbocycles. The van der Waals surface area contributed by atoms with Crippen molar-refractivity contribution in [2.24, 2.45) is 0 Å². The van der Waals surface area contributed by atoms with Gasteiger partial charge in [-0.2, -0.15) is 0 Å². The molecule has 0 atom stereocenters. The van der Waals surface area contributed by atoms with E-state index in [1.165, 1.54) is 49.9 Å². The van der Waals surface area contributed by atoms with Crippen LogP contribution in [0, 0.1) is 0 Å². The van der Waals surface area contributed by atoms with Gasteiger partial charge in [0.05, 0.1) is 12.6 Å². The number of unbranched alkanes of at least 4 members (excludes halogenated alkanes) is 3. The standard InChI is InChI=1S/C21H33N2/c1-4-5-6-10-15-21-22(17-18-23(21)19(2)3)16-11-14-20-12-8-7-9-13-20/h7-9,12-13,17-19H,4-6,10-11,14-16H2,1-3H3/q+1. The molecule has 0 fully saturated rings. The van der Waals surface area contributed by atoms with Crippen LogP contribution in [-0.4, -0.2) is 4.57 Å². The van der Waals surface area contributed by atoms with Crippen LogP contribution >= 0.6 is 0 Å². The Morgan fingerprint density at radius 1 is 0.957 bits per heavy atom. The predicted molar refractivity (Wildman–Crippen MR) is 97.6 cm³/mol. The third-order valence-electron chi connectivity index (χ3n) is 4.55. The summed E-state index contributed by atoms with van der Waals surface area (Å²) in [6.45, 7) is 7.96. The zero-order valence-corrected chi connectivity index (χ0v) is 15.2.